The summed E-state index contributed by atoms with van der Waals surface area (Å²) in [4.78, 5) is 2.59. The molecule has 1 heteroatoms. The summed E-state index contributed by atoms with van der Waals surface area (Å²) in [6.45, 7) is 25.0. The van der Waals surface area contributed by atoms with Gasteiger partial charge in [-0.05, 0) is 95.4 Å². The van der Waals surface area contributed by atoms with Gasteiger partial charge in [0.15, 0.2) is 0 Å². The van der Waals surface area contributed by atoms with Gasteiger partial charge in [0.1, 0.15) is 0 Å². The van der Waals surface area contributed by atoms with E-state index in [-0.39, 0.29) is 5.41 Å². The second-order valence-electron chi connectivity index (χ2n) is 12.0. The molecule has 1 nitrogen and oxygen atoms in total. The molecule has 0 saturated heterocycles. The summed E-state index contributed by atoms with van der Waals surface area (Å²) in [6, 6.07) is 5.61. The maximum Gasteiger partial charge on any atom is 0.0491 e. The maximum atomic E-state index is 4.39. The molecule has 0 aromatic heterocycles. The lowest BCUT2D eigenvalue weighted by Crippen LogP contribution is -2.45. The quantitative estimate of drug-likeness (QED) is 0.479. The van der Waals surface area contributed by atoms with Crippen molar-refractivity contribution in [3.63, 3.8) is 0 Å². The molecule has 1 aliphatic carbocycles. The van der Waals surface area contributed by atoms with Crippen LogP contribution in [0.25, 0.3) is 5.70 Å². The van der Waals surface area contributed by atoms with Gasteiger partial charge in [-0.3, -0.25) is 0 Å². The number of benzene rings is 1. The van der Waals surface area contributed by atoms with E-state index in [0.29, 0.717) is 17.4 Å². The Balaban J connectivity index is 1.88. The van der Waals surface area contributed by atoms with Crippen molar-refractivity contribution in [3.8, 4) is 0 Å². The fourth-order valence-corrected chi connectivity index (χ4v) is 6.02. The van der Waals surface area contributed by atoms with Crippen LogP contribution in [0.5, 0.6) is 0 Å². The zero-order valence-electron chi connectivity index (χ0n) is 20.9. The van der Waals surface area contributed by atoms with Crippen LogP contribution in [-0.4, -0.2) is 10.9 Å². The molecule has 2 aliphatic heterocycles. The molecule has 0 spiro atoms. The predicted octanol–water partition coefficient (Wildman–Crippen LogP) is 8.19. The highest BCUT2D eigenvalue weighted by Crippen LogP contribution is 2.56. The van der Waals surface area contributed by atoms with Crippen LogP contribution in [0.1, 0.15) is 95.9 Å². The van der Waals surface area contributed by atoms with Gasteiger partial charge in [-0.15, -0.1) is 0 Å². The van der Waals surface area contributed by atoms with Gasteiger partial charge in [0.05, 0.1) is 0 Å². The van der Waals surface area contributed by atoms with Gasteiger partial charge in [-0.25, -0.2) is 0 Å². The van der Waals surface area contributed by atoms with Crippen LogP contribution in [-0.2, 0) is 12.8 Å². The molecule has 166 valence electrons. The second kappa shape index (κ2) is 7.54. The number of fused-ring (bicyclic) bond motifs is 6. The molecule has 2 unspecified atom stereocenters. The van der Waals surface area contributed by atoms with E-state index >= 15 is 0 Å². The van der Waals surface area contributed by atoms with E-state index in [4.69, 9.17) is 0 Å². The minimum absolute atomic E-state index is 0.284. The molecule has 1 aromatic rings. The van der Waals surface area contributed by atoms with E-state index in [9.17, 15) is 0 Å². The van der Waals surface area contributed by atoms with Crippen LogP contribution in [0.4, 0.5) is 0 Å². The van der Waals surface area contributed by atoms with Gasteiger partial charge in [0.2, 0.25) is 0 Å². The van der Waals surface area contributed by atoms with Gasteiger partial charge < -0.3 is 4.90 Å². The Kier molecular flexibility index (Phi) is 5.39. The van der Waals surface area contributed by atoms with Gasteiger partial charge >= 0.3 is 0 Å². The van der Waals surface area contributed by atoms with Crippen LogP contribution < -0.4 is 0 Å². The summed E-state index contributed by atoms with van der Waals surface area (Å²) in [5.41, 5.74) is 11.5. The molecular formula is C30H41N. The fourth-order valence-electron chi connectivity index (χ4n) is 6.02. The van der Waals surface area contributed by atoms with E-state index in [1.807, 2.05) is 0 Å². The lowest BCUT2D eigenvalue weighted by molar-refractivity contribution is 0.195. The van der Waals surface area contributed by atoms with Crippen LogP contribution in [0, 0.1) is 10.8 Å². The first kappa shape index (κ1) is 22.2. The molecule has 4 rings (SSSR count). The highest BCUT2D eigenvalue weighted by Gasteiger charge is 2.50. The lowest BCUT2D eigenvalue weighted by atomic mass is 9.74. The zero-order chi connectivity index (χ0) is 22.7. The first-order valence-corrected chi connectivity index (χ1v) is 12.2. The van der Waals surface area contributed by atoms with Gasteiger partial charge in [-0.2, -0.15) is 0 Å². The summed E-state index contributed by atoms with van der Waals surface area (Å²) >= 11 is 0. The number of aryl methyl sites for hydroxylation is 2. The first-order valence-electron chi connectivity index (χ1n) is 12.2. The molecule has 0 radical (unpaired) electrons. The Bertz CT molecular complexity index is 992. The van der Waals surface area contributed by atoms with Crippen molar-refractivity contribution in [3.05, 3.63) is 76.5 Å². The third-order valence-corrected chi connectivity index (χ3v) is 7.82. The normalized spacial score (nSPS) is 24.2. The van der Waals surface area contributed by atoms with Crippen LogP contribution in [0.3, 0.4) is 0 Å². The van der Waals surface area contributed by atoms with E-state index < -0.39 is 0 Å². The van der Waals surface area contributed by atoms with Gasteiger partial charge in [-0.1, -0.05) is 60.8 Å². The average Bonchev–Trinajstić information content (AvgIpc) is 3.00. The second-order valence-corrected chi connectivity index (χ2v) is 12.0. The smallest absolute Gasteiger partial charge is 0.0491 e. The van der Waals surface area contributed by atoms with Crippen molar-refractivity contribution in [2.24, 2.45) is 10.8 Å². The minimum Gasteiger partial charge on any atom is -0.343 e. The molecule has 1 fully saturated rings. The van der Waals surface area contributed by atoms with Crippen molar-refractivity contribution >= 4 is 5.70 Å². The van der Waals surface area contributed by atoms with Gasteiger partial charge in [0, 0.05) is 29.4 Å². The molecule has 1 aromatic carbocycles. The molecule has 31 heavy (non-hydrogen) atoms. The SMILES string of the molecule is C=C(C)C1=CN2C(=CC1=C)c1cc(CC)c(CCC(C)(C)C)cc1C1CCC(C)(C)C12. The first-order chi connectivity index (χ1) is 14.4. The van der Waals surface area contributed by atoms with Crippen molar-refractivity contribution in [1.82, 2.24) is 4.90 Å². The fraction of sp³-hybridized carbons (Fsp3) is 0.533. The van der Waals surface area contributed by atoms with E-state index in [2.05, 4.69) is 90.9 Å². The van der Waals surface area contributed by atoms with E-state index in [0.717, 1.165) is 17.6 Å². The van der Waals surface area contributed by atoms with E-state index in [1.54, 1.807) is 11.1 Å². The summed E-state index contributed by atoms with van der Waals surface area (Å²) in [5, 5.41) is 0. The van der Waals surface area contributed by atoms with Crippen LogP contribution in [0.15, 0.2) is 54.3 Å². The van der Waals surface area contributed by atoms with Crippen molar-refractivity contribution in [1.29, 1.82) is 0 Å². The molecule has 0 bridgehead atoms. The molecule has 0 N–H and O–H groups in total. The van der Waals surface area contributed by atoms with Crippen molar-refractivity contribution in [2.45, 2.75) is 92.5 Å². The van der Waals surface area contributed by atoms with E-state index in [1.165, 1.54) is 48.1 Å². The average molecular weight is 416 g/mol. The zero-order valence-corrected chi connectivity index (χ0v) is 20.9. The number of hydrogen-bond acceptors (Lipinski definition) is 1. The lowest BCUT2D eigenvalue weighted by Gasteiger charge is -2.48. The number of hydrogen-bond donors (Lipinski definition) is 0. The van der Waals surface area contributed by atoms with Gasteiger partial charge in [0.25, 0.3) is 0 Å². The van der Waals surface area contributed by atoms with Crippen molar-refractivity contribution in [2.75, 3.05) is 0 Å². The highest BCUT2D eigenvalue weighted by molar-refractivity contribution is 5.78. The molecular weight excluding hydrogens is 374 g/mol. The molecule has 2 heterocycles. The Labute approximate surface area is 190 Å². The topological polar surface area (TPSA) is 3.24 Å². The Morgan fingerprint density at radius 2 is 1.90 bits per heavy atom. The Morgan fingerprint density at radius 3 is 2.52 bits per heavy atom. The largest absolute Gasteiger partial charge is 0.343 e. The number of allylic oxidation sites excluding steroid dienone is 4. The number of rotatable bonds is 4. The third kappa shape index (κ3) is 3.86. The Morgan fingerprint density at radius 1 is 1.19 bits per heavy atom. The maximum absolute atomic E-state index is 4.39. The minimum atomic E-state index is 0.284. The molecule has 2 atom stereocenters. The predicted molar refractivity (Wildman–Crippen MR) is 135 cm³/mol. The summed E-state index contributed by atoms with van der Waals surface area (Å²) in [7, 11) is 0. The molecule has 0 amide bonds. The Hall–Kier alpha value is -2.02. The summed E-state index contributed by atoms with van der Waals surface area (Å²) < 4.78 is 0. The molecule has 3 aliphatic rings. The highest BCUT2D eigenvalue weighted by atomic mass is 15.2. The monoisotopic (exact) mass is 415 g/mol. The standard InChI is InChI=1S/C30H41N/c1-10-21-16-25-24(17-22(21)11-13-29(5,6)7)23-12-14-30(8,9)28(23)31-18-26(19(2)3)20(4)15-27(25)31/h15-18,23,28H,2,4,10-14H2,1,3,5-9H3. The third-order valence-electron chi connectivity index (χ3n) is 7.82. The van der Waals surface area contributed by atoms with Crippen LogP contribution in [0.2, 0.25) is 0 Å². The van der Waals surface area contributed by atoms with Crippen LogP contribution >= 0.6 is 0 Å². The number of nitrogens with zero attached hydrogens (tertiary/aromatic N) is 1. The molecule has 1 saturated carbocycles. The summed E-state index contributed by atoms with van der Waals surface area (Å²) in [6.07, 6.45) is 10.7. The summed E-state index contributed by atoms with van der Waals surface area (Å²) in [5.74, 6) is 0.593. The van der Waals surface area contributed by atoms with Crippen molar-refractivity contribution < 1.29 is 0 Å².